The fourth-order valence-corrected chi connectivity index (χ4v) is 6.17. The van der Waals surface area contributed by atoms with Crippen molar-refractivity contribution >= 4 is 45.5 Å². The number of hydrogen-bond acceptors (Lipinski definition) is 7. The Balaban J connectivity index is 1.33. The summed E-state index contributed by atoms with van der Waals surface area (Å²) >= 11 is 6.57. The number of halogens is 1. The lowest BCUT2D eigenvalue weighted by atomic mass is 9.61. The van der Waals surface area contributed by atoms with Gasteiger partial charge in [-0.2, -0.15) is 5.26 Å². The monoisotopic (exact) mass is 650 g/mol. The topological polar surface area (TPSA) is 103 Å². The molecule has 5 rings (SSSR count). The highest BCUT2D eigenvalue weighted by Gasteiger charge is 2.44. The van der Waals surface area contributed by atoms with Gasteiger partial charge in [0, 0.05) is 47.8 Å². The number of ether oxygens (including phenoxy) is 1. The van der Waals surface area contributed by atoms with Crippen LogP contribution in [0.2, 0.25) is 5.02 Å². The van der Waals surface area contributed by atoms with E-state index in [1.54, 1.807) is 30.6 Å². The number of nitriles is 1. The van der Waals surface area contributed by atoms with Crippen LogP contribution in [0.4, 0.5) is 17.1 Å². The van der Waals surface area contributed by atoms with Gasteiger partial charge < -0.3 is 15.4 Å². The molecule has 0 saturated carbocycles. The van der Waals surface area contributed by atoms with Gasteiger partial charge in [0.2, 0.25) is 5.91 Å². The Morgan fingerprint density at radius 2 is 1.94 bits per heavy atom. The molecule has 1 amide bonds. The van der Waals surface area contributed by atoms with Crippen LogP contribution in [-0.2, 0) is 11.4 Å². The summed E-state index contributed by atoms with van der Waals surface area (Å²) < 4.78 is 5.87. The fraction of sp³-hybridized carbons (Fsp3) is 0.368. The van der Waals surface area contributed by atoms with Crippen LogP contribution < -0.4 is 15.4 Å². The van der Waals surface area contributed by atoms with Crippen LogP contribution in [0.3, 0.4) is 0 Å². The normalized spacial score (nSPS) is 17.2. The molecule has 1 aliphatic heterocycles. The van der Waals surface area contributed by atoms with Crippen molar-refractivity contribution in [3.05, 3.63) is 94.9 Å². The number of anilines is 3. The van der Waals surface area contributed by atoms with Gasteiger partial charge in [-0.25, -0.2) is 0 Å². The summed E-state index contributed by atoms with van der Waals surface area (Å²) in [7, 11) is 2.13. The first-order valence-corrected chi connectivity index (χ1v) is 16.3. The van der Waals surface area contributed by atoms with Gasteiger partial charge in [0.25, 0.3) is 0 Å². The summed E-state index contributed by atoms with van der Waals surface area (Å²) in [6, 6.07) is 17.2. The van der Waals surface area contributed by atoms with Gasteiger partial charge in [-0.3, -0.25) is 19.7 Å². The van der Waals surface area contributed by atoms with Gasteiger partial charge in [0.15, 0.2) is 0 Å². The average molecular weight is 651 g/mol. The zero-order valence-electron chi connectivity index (χ0n) is 28.2. The highest BCUT2D eigenvalue weighted by Crippen LogP contribution is 2.48. The number of nitrogens with zero attached hydrogens (tertiary/aromatic N) is 4. The first kappa shape index (κ1) is 33.9. The standard InChI is InChI=1S/C38H43ClN6O2/c1-24-16-33-30(19-32(24)44-35(46)14-12-29-17-26(22-45(29)7)38(5,6)37(2,3)4)36(25(20-40)21-42-33)43-27-11-13-34(31(39)18-27)47-23-28-10-8-9-15-41-28/h8-16,18-19,21,26,29H,17,22-23H2,1-7H3,(H,42,43)(H,44,46)/b14-12+/t26-,29?/m1/s1. The Morgan fingerprint density at radius 3 is 2.62 bits per heavy atom. The first-order chi connectivity index (χ1) is 22.3. The van der Waals surface area contributed by atoms with E-state index < -0.39 is 0 Å². The molecule has 8 nitrogen and oxygen atoms in total. The van der Waals surface area contributed by atoms with Crippen LogP contribution >= 0.6 is 11.6 Å². The van der Waals surface area contributed by atoms with Gasteiger partial charge in [0.05, 0.1) is 27.5 Å². The molecule has 4 aromatic rings. The molecule has 2 N–H and O–H groups in total. The highest BCUT2D eigenvalue weighted by molar-refractivity contribution is 6.32. The number of likely N-dealkylation sites (N-methyl/N-ethyl adjacent to an activating group) is 1. The van der Waals surface area contributed by atoms with E-state index in [2.05, 4.69) is 73.2 Å². The second-order valence-electron chi connectivity index (χ2n) is 14.0. The molecule has 0 bridgehead atoms. The van der Waals surface area contributed by atoms with Crippen molar-refractivity contribution in [2.75, 3.05) is 24.2 Å². The van der Waals surface area contributed by atoms with E-state index in [9.17, 15) is 10.1 Å². The van der Waals surface area contributed by atoms with Gasteiger partial charge in [0.1, 0.15) is 18.4 Å². The summed E-state index contributed by atoms with van der Waals surface area (Å²) in [5.74, 6) is 0.853. The molecule has 0 radical (unpaired) electrons. The zero-order valence-corrected chi connectivity index (χ0v) is 28.9. The lowest BCUT2D eigenvalue weighted by Gasteiger charge is -2.43. The van der Waals surface area contributed by atoms with E-state index in [-0.39, 0.29) is 29.4 Å². The molecular weight excluding hydrogens is 608 g/mol. The number of carbonyl (C=O) groups excluding carboxylic acids is 1. The third-order valence-electron chi connectivity index (χ3n) is 9.92. The van der Waals surface area contributed by atoms with Crippen molar-refractivity contribution in [1.29, 1.82) is 5.26 Å². The van der Waals surface area contributed by atoms with Crippen LogP contribution in [-0.4, -0.2) is 40.4 Å². The molecule has 1 fully saturated rings. The summed E-state index contributed by atoms with van der Waals surface area (Å²) in [6.45, 7) is 14.8. The van der Waals surface area contributed by atoms with Crippen molar-refractivity contribution in [3.63, 3.8) is 0 Å². The molecule has 3 heterocycles. The maximum Gasteiger partial charge on any atom is 0.248 e. The molecule has 1 aliphatic rings. The number of fused-ring (bicyclic) bond motifs is 1. The predicted molar refractivity (Wildman–Crippen MR) is 190 cm³/mol. The Bertz CT molecular complexity index is 1840. The van der Waals surface area contributed by atoms with E-state index >= 15 is 0 Å². The van der Waals surface area contributed by atoms with Crippen molar-refractivity contribution in [1.82, 2.24) is 14.9 Å². The third-order valence-corrected chi connectivity index (χ3v) is 10.2. The number of carbonyl (C=O) groups is 1. The Kier molecular flexibility index (Phi) is 9.90. The number of pyridine rings is 2. The van der Waals surface area contributed by atoms with Gasteiger partial charge in [-0.1, -0.05) is 58.4 Å². The lowest BCUT2D eigenvalue weighted by molar-refractivity contribution is -0.111. The second-order valence-corrected chi connectivity index (χ2v) is 14.4. The van der Waals surface area contributed by atoms with E-state index in [1.165, 1.54) is 0 Å². The smallest absolute Gasteiger partial charge is 0.248 e. The number of aromatic nitrogens is 2. The number of benzene rings is 2. The van der Waals surface area contributed by atoms with Crippen molar-refractivity contribution in [2.24, 2.45) is 16.7 Å². The Labute approximate surface area is 282 Å². The summed E-state index contributed by atoms with van der Waals surface area (Å²) in [5, 5.41) is 17.5. The van der Waals surface area contributed by atoms with Gasteiger partial charge >= 0.3 is 0 Å². The summed E-state index contributed by atoms with van der Waals surface area (Å²) in [4.78, 5) is 24.3. The minimum atomic E-state index is -0.202. The number of rotatable bonds is 9. The minimum absolute atomic E-state index is 0.164. The fourth-order valence-electron chi connectivity index (χ4n) is 5.94. The van der Waals surface area contributed by atoms with E-state index in [0.717, 1.165) is 24.2 Å². The molecule has 0 aliphatic carbocycles. The van der Waals surface area contributed by atoms with Crippen molar-refractivity contribution in [3.8, 4) is 11.8 Å². The zero-order chi connectivity index (χ0) is 33.9. The number of hydrogen-bond donors (Lipinski definition) is 2. The van der Waals surface area contributed by atoms with Crippen LogP contribution in [0.25, 0.3) is 10.9 Å². The molecule has 0 spiro atoms. The quantitative estimate of drug-likeness (QED) is 0.175. The molecule has 2 aromatic heterocycles. The molecule has 2 atom stereocenters. The Morgan fingerprint density at radius 1 is 1.15 bits per heavy atom. The van der Waals surface area contributed by atoms with Crippen molar-refractivity contribution in [2.45, 2.75) is 60.6 Å². The lowest BCUT2D eigenvalue weighted by Crippen LogP contribution is -2.38. The first-order valence-electron chi connectivity index (χ1n) is 15.9. The van der Waals surface area contributed by atoms with Crippen LogP contribution in [0, 0.1) is 35.0 Å². The molecule has 47 heavy (non-hydrogen) atoms. The molecule has 2 aromatic carbocycles. The van der Waals surface area contributed by atoms with Crippen molar-refractivity contribution < 1.29 is 9.53 Å². The molecule has 1 unspecified atom stereocenters. The minimum Gasteiger partial charge on any atom is -0.486 e. The van der Waals surface area contributed by atoms with E-state index in [1.807, 2.05) is 49.4 Å². The van der Waals surface area contributed by atoms with Crippen LogP contribution in [0.1, 0.15) is 57.9 Å². The average Bonchev–Trinajstić information content (AvgIpc) is 3.41. The maximum atomic E-state index is 13.2. The number of likely N-dealkylation sites (tertiary alicyclic amines) is 1. The maximum absolute atomic E-state index is 13.2. The van der Waals surface area contributed by atoms with E-state index in [4.69, 9.17) is 16.3 Å². The largest absolute Gasteiger partial charge is 0.486 e. The second kappa shape index (κ2) is 13.7. The molecule has 244 valence electrons. The number of aryl methyl sites for hydroxylation is 1. The number of amides is 1. The van der Waals surface area contributed by atoms with Gasteiger partial charge in [-0.15, -0.1) is 0 Å². The summed E-state index contributed by atoms with van der Waals surface area (Å²) in [6.07, 6.45) is 7.93. The predicted octanol–water partition coefficient (Wildman–Crippen LogP) is 8.67. The summed E-state index contributed by atoms with van der Waals surface area (Å²) in [5.41, 5.74) is 4.95. The molecular formula is C38H43ClN6O2. The van der Waals surface area contributed by atoms with E-state index in [0.29, 0.717) is 50.2 Å². The molecule has 9 heteroatoms. The van der Waals surface area contributed by atoms with Gasteiger partial charge in [-0.05, 0) is 85.2 Å². The molecule has 1 saturated heterocycles. The highest BCUT2D eigenvalue weighted by atomic mass is 35.5. The van der Waals surface area contributed by atoms with Crippen LogP contribution in [0.5, 0.6) is 5.75 Å². The Hall–Kier alpha value is -4.45. The van der Waals surface area contributed by atoms with Crippen LogP contribution in [0.15, 0.2) is 73.1 Å². The third kappa shape index (κ3) is 7.59. The number of nitrogens with one attached hydrogen (secondary N) is 2. The SMILES string of the molecule is Cc1cc2ncc(C#N)c(Nc3ccc(OCc4ccccn4)c(Cl)c3)c2cc1NC(=O)/C=C/C1C[C@@H](C(C)(C)C(C)(C)C)CN1C.